The second-order valence-corrected chi connectivity index (χ2v) is 33.5. The number of nitrogens with one attached hydrogen (secondary N) is 12. The first kappa shape index (κ1) is 82.2. The first-order chi connectivity index (χ1) is 44.5. The molecule has 5 rings (SSSR count). The Bertz CT molecular complexity index is 1540. The normalized spacial score (nSPS) is 41.2. The lowest BCUT2D eigenvalue weighted by Crippen LogP contribution is -2.49. The zero-order valence-electron chi connectivity index (χ0n) is 64.1. The Kier molecular flexibility index (Phi) is 42.5. The minimum Gasteiger partial charge on any atom is -0.255 e. The minimum absolute atomic E-state index is 0.455. The van der Waals surface area contributed by atoms with Crippen molar-refractivity contribution >= 4 is 0 Å². The van der Waals surface area contributed by atoms with Crippen molar-refractivity contribution in [3.8, 4) is 0 Å². The minimum atomic E-state index is 0.455. The molecule has 4 heterocycles. The topological polar surface area (TPSA) is 144 Å². The molecule has 5 aliphatic rings. The maximum atomic E-state index is 4.38. The van der Waals surface area contributed by atoms with E-state index in [-0.39, 0.29) is 0 Å². The summed E-state index contributed by atoms with van der Waals surface area (Å²) < 4.78 is 0. The molecule has 544 valence electrons. The number of fused-ring (bicyclic) bond motifs is 8. The second kappa shape index (κ2) is 47.5. The molecule has 0 aromatic rings. The van der Waals surface area contributed by atoms with Crippen LogP contribution in [0.4, 0.5) is 0 Å². The predicted molar refractivity (Wildman–Crippen MR) is 400 cm³/mol. The molecule has 6 bridgehead atoms. The third-order valence-electron chi connectivity index (χ3n) is 27.0. The second-order valence-electron chi connectivity index (χ2n) is 33.5. The average molecular weight is 1290 g/mol. The van der Waals surface area contributed by atoms with E-state index in [4.69, 9.17) is 0 Å². The Hall–Kier alpha value is -0.480. The van der Waals surface area contributed by atoms with Gasteiger partial charge in [0, 0.05) is 72.5 Å². The Morgan fingerprint density at radius 2 is 0.272 bits per heavy atom. The molecule has 16 unspecified atom stereocenters. The molecule has 0 aromatic heterocycles. The largest absolute Gasteiger partial charge is 0.255 e. The van der Waals surface area contributed by atoms with Crippen molar-refractivity contribution in [1.29, 1.82) is 0 Å². The Labute approximate surface area is 573 Å². The summed E-state index contributed by atoms with van der Waals surface area (Å²) in [7, 11) is 0. The first-order valence-corrected chi connectivity index (χ1v) is 41.6. The van der Waals surface area contributed by atoms with Crippen molar-refractivity contribution in [2.24, 2.45) is 71.0 Å². The Morgan fingerprint density at radius 3 is 0.424 bits per heavy atom. The predicted octanol–water partition coefficient (Wildman–Crippen LogP) is 18.4. The van der Waals surface area contributed by atoms with Crippen LogP contribution in [-0.2, 0) is 0 Å². The van der Waals surface area contributed by atoms with Crippen LogP contribution in [0.2, 0.25) is 0 Å². The molecule has 0 amide bonds. The fraction of sp³-hybridized carbons (Fsp3) is 1.00. The van der Waals surface area contributed by atoms with E-state index < -0.39 is 0 Å². The highest BCUT2D eigenvalue weighted by Gasteiger charge is 2.33. The van der Waals surface area contributed by atoms with Gasteiger partial charge in [0.05, 0.1) is 0 Å². The van der Waals surface area contributed by atoms with Crippen molar-refractivity contribution in [3.63, 3.8) is 0 Å². The molecule has 12 nitrogen and oxygen atoms in total. The van der Waals surface area contributed by atoms with Crippen LogP contribution in [0.15, 0.2) is 0 Å². The van der Waals surface area contributed by atoms with E-state index in [1.54, 1.807) is 0 Å². The quantitative estimate of drug-likeness (QED) is 0.112. The van der Waals surface area contributed by atoms with Gasteiger partial charge in [-0.25, -0.2) is 0 Å². The maximum absolute atomic E-state index is 4.38. The zero-order valence-corrected chi connectivity index (χ0v) is 64.1. The molecule has 12 N–H and O–H groups in total. The highest BCUT2D eigenvalue weighted by Crippen LogP contribution is 2.39. The van der Waals surface area contributed by atoms with Crippen LogP contribution in [0.25, 0.3) is 0 Å². The van der Waals surface area contributed by atoms with Crippen LogP contribution in [-0.4, -0.2) is 72.5 Å². The third kappa shape index (κ3) is 31.4. The fourth-order valence-electron chi connectivity index (χ4n) is 17.4. The molecular formula is C80H164N12. The highest BCUT2D eigenvalue weighted by atomic mass is 15.4. The monoisotopic (exact) mass is 1290 g/mol. The molecular weight excluding hydrogens is 1130 g/mol. The highest BCUT2D eigenvalue weighted by molar-refractivity contribution is 4.88. The van der Waals surface area contributed by atoms with Gasteiger partial charge in [-0.1, -0.05) is 111 Å². The van der Waals surface area contributed by atoms with E-state index in [0.29, 0.717) is 144 Å². The summed E-state index contributed by atoms with van der Waals surface area (Å²) in [5.41, 5.74) is 49.6. The lowest BCUT2D eigenvalue weighted by Gasteiger charge is -2.37. The van der Waals surface area contributed by atoms with Gasteiger partial charge < -0.3 is 0 Å². The van der Waals surface area contributed by atoms with Gasteiger partial charge in [0.2, 0.25) is 0 Å². The van der Waals surface area contributed by atoms with Crippen LogP contribution < -0.4 is 65.1 Å². The van der Waals surface area contributed by atoms with Gasteiger partial charge >= 0.3 is 0 Å². The van der Waals surface area contributed by atoms with Crippen molar-refractivity contribution < 1.29 is 0 Å². The van der Waals surface area contributed by atoms with Crippen LogP contribution in [0.1, 0.15) is 368 Å². The van der Waals surface area contributed by atoms with Gasteiger partial charge in [0.15, 0.2) is 0 Å². The van der Waals surface area contributed by atoms with E-state index in [9.17, 15) is 0 Å². The molecule has 0 aromatic carbocycles. The zero-order chi connectivity index (χ0) is 66.6. The average Bonchev–Trinajstić information content (AvgIpc) is 3.38. The summed E-state index contributed by atoms with van der Waals surface area (Å²) in [6.45, 7) is 40.0. The van der Waals surface area contributed by atoms with Gasteiger partial charge in [0.1, 0.15) is 0 Å². The van der Waals surface area contributed by atoms with Crippen molar-refractivity contribution in [1.82, 2.24) is 65.1 Å². The SMILES string of the molecule is CCC1CCC(C)C(C)CCC2CCC(C)C(C)CCC(CC)NNC(CC)CCC3CCC(CC)NNC(CC)CCC(C)C(C)CCC4CCC(C)C(C)CCC(CC)NNC(CC)CCC(CCC(CC)NN1)C1CCC(CCC3CCC(CC1)NN4)NN2. The van der Waals surface area contributed by atoms with E-state index >= 15 is 0 Å². The van der Waals surface area contributed by atoms with E-state index in [2.05, 4.69) is 176 Å². The number of hydrogen-bond acceptors (Lipinski definition) is 12. The molecule has 1 saturated carbocycles. The van der Waals surface area contributed by atoms with Crippen molar-refractivity contribution in [3.05, 3.63) is 0 Å². The summed E-state index contributed by atoms with van der Waals surface area (Å²) in [6.07, 6.45) is 50.2. The smallest absolute Gasteiger partial charge is 0.0213 e. The summed E-state index contributed by atoms with van der Waals surface area (Å²) in [5.74, 6) is 8.41. The molecule has 5 fully saturated rings. The van der Waals surface area contributed by atoms with Gasteiger partial charge in [-0.05, 0) is 328 Å². The standard InChI is InChI=1S/C80H164N12/c1-17-69-41-25-57(9)61(13)29-45-77-46-30-62(14)58(10)26-42-71(19-3)83-87-75(23-7)51-35-66-36-52-76(24-8)88-84-72(20-4)44-28-60(12)64(16)32-48-78-47-31-63(15)59(11)27-43-70(18-2)82-86-74(22-6)50-34-65(33-49-73(21-5)85-81-69)67-37-53-79(91-89-77)55-39-68(66)40-56-80(54-38-67)92-90-78/h57-92H,17-56H2,1-16H3. The maximum Gasteiger partial charge on any atom is 0.0213 e. The summed E-state index contributed by atoms with van der Waals surface area (Å²) in [5, 5.41) is 0. The Balaban J connectivity index is 1.67. The molecule has 12 heteroatoms. The summed E-state index contributed by atoms with van der Waals surface area (Å²) in [6, 6.07) is 5.82. The first-order valence-electron chi connectivity index (χ1n) is 41.6. The molecule has 0 spiro atoms. The number of hydrogen-bond donors (Lipinski definition) is 12. The van der Waals surface area contributed by atoms with Crippen molar-refractivity contribution in [2.45, 2.75) is 440 Å². The third-order valence-corrected chi connectivity index (χ3v) is 27.0. The molecule has 16 atom stereocenters. The molecule has 4 saturated heterocycles. The van der Waals surface area contributed by atoms with E-state index in [1.165, 1.54) is 257 Å². The fourth-order valence-corrected chi connectivity index (χ4v) is 17.4. The van der Waals surface area contributed by atoms with Gasteiger partial charge in [-0.3, -0.25) is 65.1 Å². The molecule has 0 radical (unpaired) electrons. The lowest BCUT2D eigenvalue weighted by atomic mass is 9.74. The van der Waals surface area contributed by atoms with Gasteiger partial charge in [0.25, 0.3) is 0 Å². The van der Waals surface area contributed by atoms with Crippen LogP contribution >= 0.6 is 0 Å². The van der Waals surface area contributed by atoms with Crippen LogP contribution in [0.3, 0.4) is 0 Å². The molecule has 1 aliphatic carbocycles. The number of rotatable bonds is 8. The summed E-state index contributed by atoms with van der Waals surface area (Å²) >= 11 is 0. The summed E-state index contributed by atoms with van der Waals surface area (Å²) in [4.78, 5) is 0. The lowest BCUT2D eigenvalue weighted by molar-refractivity contribution is 0.165. The van der Waals surface area contributed by atoms with Gasteiger partial charge in [-0.15, -0.1) is 0 Å². The van der Waals surface area contributed by atoms with Crippen LogP contribution in [0.5, 0.6) is 0 Å². The molecule has 4 aliphatic heterocycles. The van der Waals surface area contributed by atoms with Gasteiger partial charge in [-0.2, -0.15) is 0 Å². The van der Waals surface area contributed by atoms with E-state index in [1.807, 2.05) is 0 Å². The van der Waals surface area contributed by atoms with E-state index in [0.717, 1.165) is 0 Å². The Morgan fingerprint density at radius 1 is 0.152 bits per heavy atom. The van der Waals surface area contributed by atoms with Crippen molar-refractivity contribution in [2.75, 3.05) is 0 Å². The number of hydrazine groups is 6. The van der Waals surface area contributed by atoms with Crippen LogP contribution in [0, 0.1) is 71.0 Å². The molecule has 92 heavy (non-hydrogen) atoms.